The Labute approximate surface area is 122 Å². The Bertz CT molecular complexity index is 855. The predicted molar refractivity (Wildman–Crippen MR) is 82.2 cm³/mol. The maximum atomic E-state index is 11.4. The van der Waals surface area contributed by atoms with Crippen LogP contribution in [0.15, 0.2) is 33.0 Å². The second-order valence-corrected chi connectivity index (χ2v) is 6.43. The topological polar surface area (TPSA) is 111 Å². The molecular weight excluding hydrogens is 294 g/mol. The Hall–Kier alpha value is -2.06. The lowest BCUT2D eigenvalue weighted by Crippen LogP contribution is -2.09. The van der Waals surface area contributed by atoms with E-state index >= 15 is 0 Å². The van der Waals surface area contributed by atoms with Gasteiger partial charge in [-0.3, -0.25) is 4.79 Å². The Morgan fingerprint density at radius 2 is 2.05 bits per heavy atom. The minimum atomic E-state index is -0.288. The number of hydrogen-bond acceptors (Lipinski definition) is 7. The molecule has 0 saturated carbocycles. The molecule has 0 radical (unpaired) electrons. The van der Waals surface area contributed by atoms with E-state index in [0.29, 0.717) is 10.8 Å². The highest BCUT2D eigenvalue weighted by atomic mass is 32.2. The van der Waals surface area contributed by atoms with Gasteiger partial charge in [0.1, 0.15) is 5.82 Å². The third kappa shape index (κ3) is 2.47. The van der Waals surface area contributed by atoms with Crippen molar-refractivity contribution in [1.82, 2.24) is 15.0 Å². The van der Waals surface area contributed by atoms with Gasteiger partial charge in [-0.05, 0) is 30.8 Å². The summed E-state index contributed by atoms with van der Waals surface area (Å²) in [5.41, 5.74) is 12.8. The number of aromatic amines is 1. The first-order valence-electron chi connectivity index (χ1n) is 5.72. The van der Waals surface area contributed by atoms with Crippen LogP contribution in [-0.4, -0.2) is 15.0 Å². The number of nitrogens with two attached hydrogens (primary N) is 2. The van der Waals surface area contributed by atoms with Crippen LogP contribution < -0.4 is 17.0 Å². The van der Waals surface area contributed by atoms with Crippen LogP contribution in [0, 0.1) is 6.92 Å². The average molecular weight is 305 g/mol. The van der Waals surface area contributed by atoms with E-state index in [0.717, 1.165) is 20.1 Å². The van der Waals surface area contributed by atoms with Crippen molar-refractivity contribution >= 4 is 44.8 Å². The van der Waals surface area contributed by atoms with Crippen LogP contribution >= 0.6 is 23.1 Å². The van der Waals surface area contributed by atoms with Crippen molar-refractivity contribution in [3.63, 3.8) is 0 Å². The van der Waals surface area contributed by atoms with Gasteiger partial charge in [-0.15, -0.1) is 11.3 Å². The largest absolute Gasteiger partial charge is 0.398 e. The van der Waals surface area contributed by atoms with E-state index in [-0.39, 0.29) is 11.4 Å². The minimum absolute atomic E-state index is 0.181. The summed E-state index contributed by atoms with van der Waals surface area (Å²) < 4.78 is 1.04. The van der Waals surface area contributed by atoms with E-state index in [1.54, 1.807) is 11.3 Å². The molecule has 0 saturated heterocycles. The number of nitrogens with zero attached hydrogens (tertiary/aromatic N) is 2. The van der Waals surface area contributed by atoms with Crippen LogP contribution in [0.1, 0.15) is 5.01 Å². The second kappa shape index (κ2) is 4.80. The fraction of sp³-hybridized carbons (Fsp3) is 0.0833. The molecule has 5 N–H and O–H groups in total. The smallest absolute Gasteiger partial charge is 0.253 e. The van der Waals surface area contributed by atoms with Crippen molar-refractivity contribution in [2.45, 2.75) is 17.0 Å². The fourth-order valence-electron chi connectivity index (χ4n) is 1.78. The molecule has 2 aromatic heterocycles. The van der Waals surface area contributed by atoms with Gasteiger partial charge in [-0.1, -0.05) is 0 Å². The molecule has 1 aromatic carbocycles. The van der Waals surface area contributed by atoms with Crippen LogP contribution in [0.4, 0.5) is 11.5 Å². The summed E-state index contributed by atoms with van der Waals surface area (Å²) in [4.78, 5) is 23.3. The number of benzene rings is 1. The highest BCUT2D eigenvalue weighted by Crippen LogP contribution is 2.34. The van der Waals surface area contributed by atoms with Crippen LogP contribution in [0.5, 0.6) is 0 Å². The minimum Gasteiger partial charge on any atom is -0.398 e. The summed E-state index contributed by atoms with van der Waals surface area (Å²) in [5.74, 6) is 0.181. The third-order valence-electron chi connectivity index (χ3n) is 2.57. The number of nitrogen functional groups attached to an aromatic ring is 2. The van der Waals surface area contributed by atoms with Crippen molar-refractivity contribution in [2.75, 3.05) is 11.5 Å². The van der Waals surface area contributed by atoms with Gasteiger partial charge in [-0.25, -0.2) is 9.97 Å². The van der Waals surface area contributed by atoms with E-state index in [9.17, 15) is 4.79 Å². The van der Waals surface area contributed by atoms with Crippen LogP contribution in [0.2, 0.25) is 0 Å². The average Bonchev–Trinajstić information content (AvgIpc) is 2.67. The highest BCUT2D eigenvalue weighted by molar-refractivity contribution is 7.99. The fourth-order valence-corrected chi connectivity index (χ4v) is 3.50. The summed E-state index contributed by atoms with van der Waals surface area (Å²) in [6.07, 6.45) is 0. The lowest BCUT2D eigenvalue weighted by Gasteiger charge is -2.05. The Kier molecular flexibility index (Phi) is 3.11. The molecule has 0 aliphatic heterocycles. The quantitative estimate of drug-likeness (QED) is 0.493. The zero-order valence-electron chi connectivity index (χ0n) is 10.5. The summed E-state index contributed by atoms with van der Waals surface area (Å²) >= 11 is 2.85. The maximum Gasteiger partial charge on any atom is 0.253 e. The number of anilines is 2. The van der Waals surface area contributed by atoms with Gasteiger partial charge in [0.25, 0.3) is 5.56 Å². The summed E-state index contributed by atoms with van der Waals surface area (Å²) in [6, 6.07) is 5.01. The van der Waals surface area contributed by atoms with Crippen LogP contribution in [0.25, 0.3) is 10.2 Å². The molecule has 8 heteroatoms. The van der Waals surface area contributed by atoms with Crippen molar-refractivity contribution in [3.05, 3.63) is 33.6 Å². The van der Waals surface area contributed by atoms with E-state index in [1.165, 1.54) is 17.8 Å². The van der Waals surface area contributed by atoms with E-state index in [2.05, 4.69) is 15.0 Å². The van der Waals surface area contributed by atoms with Gasteiger partial charge in [-0.2, -0.15) is 0 Å². The predicted octanol–water partition coefficient (Wildman–Crippen LogP) is 2.00. The van der Waals surface area contributed by atoms with Crippen LogP contribution in [-0.2, 0) is 0 Å². The molecule has 0 unspecified atom stereocenters. The number of rotatable bonds is 2. The second-order valence-electron chi connectivity index (χ2n) is 4.17. The monoisotopic (exact) mass is 305 g/mol. The van der Waals surface area contributed by atoms with Crippen molar-refractivity contribution in [1.29, 1.82) is 0 Å². The van der Waals surface area contributed by atoms with Gasteiger partial charge in [0.2, 0.25) is 0 Å². The van der Waals surface area contributed by atoms with E-state index in [4.69, 9.17) is 11.5 Å². The van der Waals surface area contributed by atoms with Gasteiger partial charge in [0, 0.05) is 16.6 Å². The van der Waals surface area contributed by atoms with E-state index < -0.39 is 0 Å². The number of aryl methyl sites for hydroxylation is 1. The first-order valence-corrected chi connectivity index (χ1v) is 7.36. The lowest BCUT2D eigenvalue weighted by molar-refractivity contribution is 0.945. The van der Waals surface area contributed by atoms with E-state index in [1.807, 2.05) is 19.1 Å². The molecule has 2 heterocycles. The summed E-state index contributed by atoms with van der Waals surface area (Å²) in [6.45, 7) is 1.95. The molecule has 0 bridgehead atoms. The summed E-state index contributed by atoms with van der Waals surface area (Å²) in [5, 5.41) is 1.39. The molecule has 6 nitrogen and oxygen atoms in total. The Morgan fingerprint density at radius 3 is 2.80 bits per heavy atom. The lowest BCUT2D eigenvalue weighted by atomic mass is 10.3. The van der Waals surface area contributed by atoms with Gasteiger partial charge in [0.15, 0.2) is 5.16 Å². The van der Waals surface area contributed by atoms with Crippen molar-refractivity contribution < 1.29 is 0 Å². The molecule has 102 valence electrons. The normalized spacial score (nSPS) is 11.1. The standard InChI is InChI=1S/C12H11N5OS2/c1-5-15-7-3-8(6(13)2-9(7)19-5)20-12-16-10(14)4-11(18)17-12/h2-4H,13H2,1H3,(H3,14,16,17,18). The Balaban J connectivity index is 2.05. The zero-order valence-corrected chi connectivity index (χ0v) is 12.1. The van der Waals surface area contributed by atoms with Gasteiger partial charge >= 0.3 is 0 Å². The molecule has 0 fully saturated rings. The molecule has 20 heavy (non-hydrogen) atoms. The molecule has 0 aliphatic rings. The SMILES string of the molecule is Cc1nc2cc(Sc3nc(N)cc(=O)[nH]3)c(N)cc2s1. The molecule has 0 atom stereocenters. The number of thiazole rings is 1. The molecule has 0 spiro atoms. The van der Waals surface area contributed by atoms with Crippen LogP contribution in [0.3, 0.4) is 0 Å². The Morgan fingerprint density at radius 1 is 1.25 bits per heavy atom. The highest BCUT2D eigenvalue weighted by Gasteiger charge is 2.09. The molecule has 0 amide bonds. The first-order chi connectivity index (χ1) is 9.51. The molecular formula is C12H11N5OS2. The first kappa shape index (κ1) is 12.9. The number of fused-ring (bicyclic) bond motifs is 1. The van der Waals surface area contributed by atoms with Crippen molar-refractivity contribution in [3.8, 4) is 0 Å². The number of H-pyrrole nitrogens is 1. The molecule has 0 aliphatic carbocycles. The molecule has 3 rings (SSSR count). The third-order valence-corrected chi connectivity index (χ3v) is 4.47. The number of hydrogen-bond donors (Lipinski definition) is 3. The summed E-state index contributed by atoms with van der Waals surface area (Å²) in [7, 11) is 0. The number of aromatic nitrogens is 3. The van der Waals surface area contributed by atoms with Gasteiger partial charge < -0.3 is 16.5 Å². The van der Waals surface area contributed by atoms with Gasteiger partial charge in [0.05, 0.1) is 15.2 Å². The van der Waals surface area contributed by atoms with Crippen molar-refractivity contribution in [2.24, 2.45) is 0 Å². The molecule has 3 aromatic rings. The number of nitrogens with one attached hydrogen (secondary N) is 1. The zero-order chi connectivity index (χ0) is 14.3. The maximum absolute atomic E-state index is 11.4.